The molecule has 196 valence electrons. The molecule has 0 aromatic carbocycles. The van der Waals surface area contributed by atoms with Crippen LogP contribution in [0.2, 0.25) is 0 Å². The number of carbonyl (C=O) groups is 1. The van der Waals surface area contributed by atoms with Crippen molar-refractivity contribution in [2.45, 2.75) is 97.1 Å². The molecule has 4 saturated carbocycles. The first-order valence-corrected chi connectivity index (χ1v) is 14.1. The number of hydrogen-bond donors (Lipinski definition) is 1. The maximum absolute atomic E-state index is 13.5. The van der Waals surface area contributed by atoms with Crippen molar-refractivity contribution in [2.24, 2.45) is 40.4 Å². The Kier molecular flexibility index (Phi) is 6.84. The van der Waals surface area contributed by atoms with E-state index in [9.17, 15) is 9.90 Å². The predicted octanol–water partition coefficient (Wildman–Crippen LogP) is 5.28. The summed E-state index contributed by atoms with van der Waals surface area (Å²) in [4.78, 5) is 13.5. The maximum Gasteiger partial charge on any atom is 0.157 e. The van der Waals surface area contributed by atoms with Crippen LogP contribution in [-0.4, -0.2) is 46.6 Å². The fraction of sp³-hybridized carbons (Fsp3) is 0.862. The molecule has 0 amide bonds. The van der Waals surface area contributed by atoms with Gasteiger partial charge in [-0.3, -0.25) is 9.48 Å². The van der Waals surface area contributed by atoms with Gasteiger partial charge in [0.2, 0.25) is 0 Å². The summed E-state index contributed by atoms with van der Waals surface area (Å²) < 4.78 is 12.6. The van der Waals surface area contributed by atoms with E-state index in [2.05, 4.69) is 18.9 Å². The molecule has 35 heavy (non-hydrogen) atoms. The lowest BCUT2D eigenvalue weighted by atomic mass is 9.43. The molecule has 4 aliphatic carbocycles. The Bertz CT molecular complexity index is 916. The monoisotopic (exact) mass is 486 g/mol. The first-order chi connectivity index (χ1) is 16.7. The van der Waals surface area contributed by atoms with E-state index in [0.717, 1.165) is 56.1 Å². The molecule has 1 N–H and O–H groups in total. The summed E-state index contributed by atoms with van der Waals surface area (Å²) in [6, 6.07) is 0. The quantitative estimate of drug-likeness (QED) is 0.541. The molecule has 1 aromatic rings. The van der Waals surface area contributed by atoms with Crippen LogP contribution < -0.4 is 4.74 Å². The number of hydrogen-bond acceptors (Lipinski definition) is 5. The summed E-state index contributed by atoms with van der Waals surface area (Å²) in [5.41, 5.74) is -0.1000. The molecule has 4 aliphatic rings. The average molecular weight is 487 g/mol. The van der Waals surface area contributed by atoms with E-state index in [4.69, 9.17) is 9.47 Å². The molecule has 1 aromatic heterocycles. The smallest absolute Gasteiger partial charge is 0.157 e. The summed E-state index contributed by atoms with van der Waals surface area (Å²) >= 11 is 0. The molecule has 0 unspecified atom stereocenters. The number of ketones is 1. The van der Waals surface area contributed by atoms with E-state index in [1.165, 1.54) is 25.7 Å². The molecule has 6 nitrogen and oxygen atoms in total. The number of rotatable bonds is 8. The van der Waals surface area contributed by atoms with Crippen molar-refractivity contribution in [1.82, 2.24) is 9.78 Å². The van der Waals surface area contributed by atoms with Crippen molar-refractivity contribution in [3.63, 3.8) is 0 Å². The first kappa shape index (κ1) is 25.3. The highest BCUT2D eigenvalue weighted by Crippen LogP contribution is 2.68. The topological polar surface area (TPSA) is 73.6 Å². The highest BCUT2D eigenvalue weighted by atomic mass is 16.5. The molecule has 6 heteroatoms. The SMILES string of the molecule is CCOc1cnn(CC(=O)[C@H]2CC[C@H]3[C@@H]4CC[C@H]5C[C@@](O)(CCOC)CC[C@]5(C)[C@H]4CC[C@]23C)c1. The Balaban J connectivity index is 1.28. The van der Waals surface area contributed by atoms with E-state index in [1.807, 2.05) is 13.1 Å². The molecule has 0 spiro atoms. The van der Waals surface area contributed by atoms with Crippen LogP contribution in [0.4, 0.5) is 0 Å². The number of Topliss-reactive ketones (excluding diaryl/α,β-unsaturated/α-hetero) is 1. The van der Waals surface area contributed by atoms with E-state index in [1.54, 1.807) is 18.0 Å². The van der Waals surface area contributed by atoms with E-state index in [-0.39, 0.29) is 11.3 Å². The lowest BCUT2D eigenvalue weighted by Crippen LogP contribution is -2.56. The normalized spacial score (nSPS) is 42.7. The Morgan fingerprint density at radius 1 is 1.11 bits per heavy atom. The molecule has 5 rings (SSSR count). The second-order valence-corrected chi connectivity index (χ2v) is 12.8. The van der Waals surface area contributed by atoms with Gasteiger partial charge in [-0.25, -0.2) is 0 Å². The van der Waals surface area contributed by atoms with Gasteiger partial charge in [0.15, 0.2) is 11.5 Å². The minimum atomic E-state index is -0.546. The van der Waals surface area contributed by atoms with Crippen molar-refractivity contribution in [2.75, 3.05) is 20.3 Å². The third-order valence-corrected chi connectivity index (χ3v) is 11.2. The van der Waals surface area contributed by atoms with Crippen LogP contribution in [0.15, 0.2) is 12.4 Å². The standard InChI is InChI=1S/C29H46N2O4/c1-5-35-21-17-30-31(18-21)19-26(32)25-9-8-23-22-7-6-20-16-29(33,14-15-34-4)13-12-27(20,2)24(22)10-11-28(23,25)3/h17-18,20,22-25,33H,5-16,19H2,1-4H3/t20-,22-,23-,24-,25+,27-,28-,29-/m0/s1. The number of methoxy groups -OCH3 is 1. The molecular weight excluding hydrogens is 440 g/mol. The highest BCUT2D eigenvalue weighted by Gasteiger charge is 2.62. The summed E-state index contributed by atoms with van der Waals surface area (Å²) in [5, 5.41) is 15.6. The Labute approximate surface area is 211 Å². The number of fused-ring (bicyclic) bond motifs is 5. The fourth-order valence-corrected chi connectivity index (χ4v) is 9.31. The van der Waals surface area contributed by atoms with Crippen LogP contribution in [-0.2, 0) is 16.1 Å². The molecule has 4 fully saturated rings. The van der Waals surface area contributed by atoms with Crippen molar-refractivity contribution in [3.05, 3.63) is 12.4 Å². The number of carbonyl (C=O) groups excluding carboxylic acids is 1. The highest BCUT2D eigenvalue weighted by molar-refractivity contribution is 5.82. The van der Waals surface area contributed by atoms with Crippen molar-refractivity contribution in [3.8, 4) is 5.75 Å². The van der Waals surface area contributed by atoms with Crippen LogP contribution in [0.5, 0.6) is 5.75 Å². The lowest BCUT2D eigenvalue weighted by Gasteiger charge is -2.62. The maximum atomic E-state index is 13.5. The summed E-state index contributed by atoms with van der Waals surface area (Å²) in [5.74, 6) is 3.96. The predicted molar refractivity (Wildman–Crippen MR) is 135 cm³/mol. The van der Waals surface area contributed by atoms with Crippen LogP contribution in [0, 0.1) is 40.4 Å². The second kappa shape index (κ2) is 9.48. The molecule has 0 bridgehead atoms. The molecule has 0 aliphatic heterocycles. The molecule has 1 heterocycles. The summed E-state index contributed by atoms with van der Waals surface area (Å²) in [7, 11) is 1.73. The van der Waals surface area contributed by atoms with Crippen molar-refractivity contribution in [1.29, 1.82) is 0 Å². The minimum absolute atomic E-state index is 0.116. The third-order valence-electron chi connectivity index (χ3n) is 11.2. The number of aromatic nitrogens is 2. The zero-order chi connectivity index (χ0) is 24.8. The van der Waals surface area contributed by atoms with Crippen LogP contribution in [0.25, 0.3) is 0 Å². The van der Waals surface area contributed by atoms with Gasteiger partial charge in [0.25, 0.3) is 0 Å². The van der Waals surface area contributed by atoms with Crippen LogP contribution in [0.1, 0.15) is 85.0 Å². The lowest BCUT2D eigenvalue weighted by molar-refractivity contribution is -0.157. The Hall–Kier alpha value is -1.40. The summed E-state index contributed by atoms with van der Waals surface area (Å²) in [6.45, 7) is 8.54. The van der Waals surface area contributed by atoms with Gasteiger partial charge < -0.3 is 14.6 Å². The minimum Gasteiger partial charge on any atom is -0.491 e. The average Bonchev–Trinajstić information content (AvgIpc) is 3.42. The molecular formula is C29H46N2O4. The van der Waals surface area contributed by atoms with Crippen molar-refractivity contribution >= 4 is 5.78 Å². The zero-order valence-electron chi connectivity index (χ0n) is 22.3. The molecule has 8 atom stereocenters. The van der Waals surface area contributed by atoms with Gasteiger partial charge in [-0.15, -0.1) is 0 Å². The van der Waals surface area contributed by atoms with Gasteiger partial charge in [0.05, 0.1) is 31.1 Å². The first-order valence-electron chi connectivity index (χ1n) is 14.1. The van der Waals surface area contributed by atoms with Gasteiger partial charge in [-0.2, -0.15) is 5.10 Å². The number of ether oxygens (including phenoxy) is 2. The van der Waals surface area contributed by atoms with E-state index < -0.39 is 5.60 Å². The van der Waals surface area contributed by atoms with E-state index >= 15 is 0 Å². The second-order valence-electron chi connectivity index (χ2n) is 12.8. The molecule has 0 radical (unpaired) electrons. The number of aliphatic hydroxyl groups is 1. The van der Waals surface area contributed by atoms with Gasteiger partial charge in [0.1, 0.15) is 0 Å². The van der Waals surface area contributed by atoms with Gasteiger partial charge in [-0.05, 0) is 106 Å². The van der Waals surface area contributed by atoms with Crippen LogP contribution >= 0.6 is 0 Å². The summed E-state index contributed by atoms with van der Waals surface area (Å²) in [6.07, 6.45) is 14.4. The van der Waals surface area contributed by atoms with Gasteiger partial charge in [-0.1, -0.05) is 13.8 Å². The number of nitrogens with zero attached hydrogens (tertiary/aromatic N) is 2. The van der Waals surface area contributed by atoms with Gasteiger partial charge in [0, 0.05) is 19.6 Å². The molecule has 0 saturated heterocycles. The fourth-order valence-electron chi connectivity index (χ4n) is 9.31. The van der Waals surface area contributed by atoms with Crippen LogP contribution in [0.3, 0.4) is 0 Å². The zero-order valence-corrected chi connectivity index (χ0v) is 22.3. The van der Waals surface area contributed by atoms with Gasteiger partial charge >= 0.3 is 0 Å². The largest absolute Gasteiger partial charge is 0.491 e. The van der Waals surface area contributed by atoms with Crippen molar-refractivity contribution < 1.29 is 19.4 Å². The Morgan fingerprint density at radius 2 is 1.91 bits per heavy atom. The Morgan fingerprint density at radius 3 is 2.69 bits per heavy atom. The third kappa shape index (κ3) is 4.37. The van der Waals surface area contributed by atoms with E-state index in [0.29, 0.717) is 42.8 Å².